The van der Waals surface area contributed by atoms with Gasteiger partial charge in [-0.2, -0.15) is 0 Å². The van der Waals surface area contributed by atoms with Gasteiger partial charge in [-0.05, 0) is 47.6 Å². The maximum absolute atomic E-state index is 13.1. The van der Waals surface area contributed by atoms with Crippen LogP contribution in [0.15, 0.2) is 47.6 Å². The van der Waals surface area contributed by atoms with E-state index < -0.39 is 5.97 Å². The average Bonchev–Trinajstić information content (AvgIpc) is 3.00. The summed E-state index contributed by atoms with van der Waals surface area (Å²) in [5.74, 6) is -0.704. The van der Waals surface area contributed by atoms with Gasteiger partial charge < -0.3 is 4.84 Å². The van der Waals surface area contributed by atoms with E-state index in [1.54, 1.807) is 0 Å². The lowest BCUT2D eigenvalue weighted by atomic mass is 9.73. The van der Waals surface area contributed by atoms with E-state index in [0.717, 1.165) is 19.3 Å². The van der Waals surface area contributed by atoms with E-state index in [1.165, 1.54) is 29.2 Å². The van der Waals surface area contributed by atoms with E-state index in [9.17, 15) is 9.59 Å². The fourth-order valence-corrected chi connectivity index (χ4v) is 4.33. The normalized spacial score (nSPS) is 14.4. The molecule has 0 aromatic heterocycles. The third-order valence-corrected chi connectivity index (χ3v) is 5.77. The van der Waals surface area contributed by atoms with Crippen LogP contribution in [0.2, 0.25) is 0 Å². The molecule has 4 nitrogen and oxygen atoms in total. The quantitative estimate of drug-likeness (QED) is 0.270. The van der Waals surface area contributed by atoms with Gasteiger partial charge in [0.15, 0.2) is 0 Å². The Kier molecular flexibility index (Phi) is 5.78. The van der Waals surface area contributed by atoms with Crippen LogP contribution in [0.3, 0.4) is 0 Å². The number of fused-ring (bicyclic) bond motifs is 3. The van der Waals surface area contributed by atoms with Gasteiger partial charge in [-0.25, -0.2) is 4.79 Å². The molecule has 0 radical (unpaired) electrons. The summed E-state index contributed by atoms with van der Waals surface area (Å²) < 4.78 is 0. The van der Waals surface area contributed by atoms with Crippen molar-refractivity contribution in [2.75, 3.05) is 0 Å². The zero-order chi connectivity index (χ0) is 20.3. The summed E-state index contributed by atoms with van der Waals surface area (Å²) >= 11 is 0. The molecule has 4 heteroatoms. The summed E-state index contributed by atoms with van der Waals surface area (Å²) in [4.78, 5) is 29.0. The molecule has 0 atom stereocenters. The number of carbonyl (C=O) groups is 2. The highest BCUT2D eigenvalue weighted by atomic mass is 16.7. The summed E-state index contributed by atoms with van der Waals surface area (Å²) in [7, 11) is 0. The highest BCUT2D eigenvalue weighted by Gasteiger charge is 2.40. The minimum absolute atomic E-state index is 0.0832. The molecular weight excluding hydrogens is 350 g/mol. The van der Waals surface area contributed by atoms with Gasteiger partial charge in [0.05, 0.1) is 0 Å². The van der Waals surface area contributed by atoms with Crippen LogP contribution in [0.4, 0.5) is 0 Å². The van der Waals surface area contributed by atoms with Crippen molar-refractivity contribution in [1.82, 2.24) is 0 Å². The fourth-order valence-electron chi connectivity index (χ4n) is 4.33. The number of Topliss-reactive ketones (excluding diaryl/α,β-unsaturated/α-hetero) is 1. The van der Waals surface area contributed by atoms with Gasteiger partial charge in [-0.3, -0.25) is 4.79 Å². The number of ketones is 1. The second kappa shape index (κ2) is 8.09. The number of rotatable bonds is 7. The minimum atomic E-state index is -0.526. The van der Waals surface area contributed by atoms with Gasteiger partial charge in [-0.1, -0.05) is 68.7 Å². The minimum Gasteiger partial charge on any atom is -0.318 e. The molecule has 0 unspecified atom stereocenters. The Morgan fingerprint density at radius 3 is 2.29 bits per heavy atom. The average molecular weight is 377 g/mol. The molecule has 146 valence electrons. The predicted molar refractivity (Wildman–Crippen MR) is 112 cm³/mol. The molecule has 0 fully saturated rings. The molecule has 0 saturated heterocycles. The van der Waals surface area contributed by atoms with Crippen LogP contribution in [0.1, 0.15) is 74.9 Å². The summed E-state index contributed by atoms with van der Waals surface area (Å²) in [6.07, 6.45) is 3.15. The molecule has 3 rings (SSSR count). The lowest BCUT2D eigenvalue weighted by molar-refractivity contribution is -0.140. The second-order valence-electron chi connectivity index (χ2n) is 7.30. The molecule has 0 spiro atoms. The van der Waals surface area contributed by atoms with Gasteiger partial charge in [0.2, 0.25) is 5.78 Å². The smallest absolute Gasteiger partial charge is 0.318 e. The van der Waals surface area contributed by atoms with Crippen LogP contribution in [0.5, 0.6) is 0 Å². The van der Waals surface area contributed by atoms with Crippen LogP contribution in [-0.4, -0.2) is 17.5 Å². The van der Waals surface area contributed by atoms with Crippen molar-refractivity contribution >= 4 is 17.5 Å². The number of benzene rings is 2. The van der Waals surface area contributed by atoms with Gasteiger partial charge in [0, 0.05) is 17.9 Å². The highest BCUT2D eigenvalue weighted by molar-refractivity contribution is 6.46. The monoisotopic (exact) mass is 377 g/mol. The predicted octanol–water partition coefficient (Wildman–Crippen LogP) is 5.68. The molecule has 0 heterocycles. The first-order chi connectivity index (χ1) is 13.5. The van der Waals surface area contributed by atoms with Crippen molar-refractivity contribution in [2.24, 2.45) is 5.16 Å². The topological polar surface area (TPSA) is 55.7 Å². The Balaban J connectivity index is 2.09. The van der Waals surface area contributed by atoms with Gasteiger partial charge in [0.25, 0.3) is 0 Å². The van der Waals surface area contributed by atoms with Crippen molar-refractivity contribution in [3.05, 3.63) is 59.2 Å². The summed E-state index contributed by atoms with van der Waals surface area (Å²) in [5, 5.41) is 3.82. The lowest BCUT2D eigenvalue weighted by Gasteiger charge is -2.29. The van der Waals surface area contributed by atoms with Crippen molar-refractivity contribution in [1.29, 1.82) is 0 Å². The zero-order valence-corrected chi connectivity index (χ0v) is 17.0. The summed E-state index contributed by atoms with van der Waals surface area (Å²) in [5.41, 5.74) is 5.78. The van der Waals surface area contributed by atoms with E-state index in [0.29, 0.717) is 12.0 Å². The Hall–Kier alpha value is -2.75. The molecular formula is C24H27NO3. The van der Waals surface area contributed by atoms with E-state index in [4.69, 9.17) is 4.84 Å². The first-order valence-electron chi connectivity index (χ1n) is 10.0. The fraction of sp³-hybridized carbons (Fsp3) is 0.375. The molecule has 0 amide bonds. The Bertz CT molecular complexity index is 939. The van der Waals surface area contributed by atoms with Crippen LogP contribution in [0.25, 0.3) is 11.1 Å². The van der Waals surface area contributed by atoms with E-state index in [-0.39, 0.29) is 16.9 Å². The molecule has 2 aromatic rings. The van der Waals surface area contributed by atoms with Crippen LogP contribution < -0.4 is 0 Å². The third-order valence-electron chi connectivity index (χ3n) is 5.77. The molecule has 1 aliphatic carbocycles. The standard InChI is InChI=1S/C24H27NO3/c1-5-10-22(25-28-16(4)26)23(27)17-13-14-19-18-11-8-9-12-20(18)24(6-2,7-3)21(19)15-17/h8-9,11-15H,5-7,10H2,1-4H3/b25-22-. The zero-order valence-electron chi connectivity index (χ0n) is 17.0. The van der Waals surface area contributed by atoms with Crippen molar-refractivity contribution in [2.45, 2.75) is 58.8 Å². The largest absolute Gasteiger partial charge is 0.331 e. The maximum Gasteiger partial charge on any atom is 0.331 e. The second-order valence-corrected chi connectivity index (χ2v) is 7.30. The van der Waals surface area contributed by atoms with Crippen molar-refractivity contribution < 1.29 is 14.4 Å². The SMILES string of the molecule is CCC/C(=N/OC(C)=O)C(=O)c1ccc2c(c1)C(CC)(CC)c1ccccc1-2. The first kappa shape index (κ1) is 20.0. The lowest BCUT2D eigenvalue weighted by Crippen LogP contribution is -2.24. The van der Waals surface area contributed by atoms with Crippen LogP contribution >= 0.6 is 0 Å². The first-order valence-corrected chi connectivity index (χ1v) is 10.0. The van der Waals surface area contributed by atoms with E-state index in [1.807, 2.05) is 25.1 Å². The maximum atomic E-state index is 13.1. The molecule has 0 N–H and O–H groups in total. The molecule has 0 aliphatic heterocycles. The molecule has 0 bridgehead atoms. The Morgan fingerprint density at radius 1 is 0.964 bits per heavy atom. The van der Waals surface area contributed by atoms with Crippen LogP contribution in [-0.2, 0) is 15.0 Å². The summed E-state index contributed by atoms with van der Waals surface area (Å²) in [6, 6.07) is 14.4. The van der Waals surface area contributed by atoms with Crippen molar-refractivity contribution in [3.63, 3.8) is 0 Å². The number of carbonyl (C=O) groups excluding carboxylic acids is 2. The summed E-state index contributed by atoms with van der Waals surface area (Å²) in [6.45, 7) is 7.65. The Labute approximate surface area is 166 Å². The van der Waals surface area contributed by atoms with Crippen molar-refractivity contribution in [3.8, 4) is 11.1 Å². The van der Waals surface area contributed by atoms with Gasteiger partial charge in [-0.15, -0.1) is 0 Å². The number of oxime groups is 1. The third kappa shape index (κ3) is 3.28. The van der Waals surface area contributed by atoms with E-state index in [2.05, 4.69) is 43.3 Å². The number of nitrogens with zero attached hydrogens (tertiary/aromatic N) is 1. The molecule has 28 heavy (non-hydrogen) atoms. The van der Waals surface area contributed by atoms with Gasteiger partial charge in [0.1, 0.15) is 5.71 Å². The van der Waals surface area contributed by atoms with Gasteiger partial charge >= 0.3 is 5.97 Å². The molecule has 1 aliphatic rings. The number of hydrogen-bond donors (Lipinski definition) is 0. The van der Waals surface area contributed by atoms with Crippen LogP contribution in [0, 0.1) is 0 Å². The molecule has 0 saturated carbocycles. The number of hydrogen-bond acceptors (Lipinski definition) is 4. The molecule has 2 aromatic carbocycles. The Morgan fingerprint density at radius 2 is 1.64 bits per heavy atom. The highest BCUT2D eigenvalue weighted by Crippen LogP contribution is 2.52. The van der Waals surface area contributed by atoms with E-state index >= 15 is 0 Å².